The molecule has 1 aromatic rings. The van der Waals surface area contributed by atoms with Gasteiger partial charge in [0.2, 0.25) is 0 Å². The highest BCUT2D eigenvalue weighted by Crippen LogP contribution is 2.26. The Bertz CT molecular complexity index is 421. The zero-order valence-electron chi connectivity index (χ0n) is 11.5. The van der Waals surface area contributed by atoms with Gasteiger partial charge in [-0.2, -0.15) is 0 Å². The van der Waals surface area contributed by atoms with Crippen molar-refractivity contribution >= 4 is 17.4 Å². The highest BCUT2D eigenvalue weighted by molar-refractivity contribution is 6.29. The Labute approximate surface area is 114 Å². The molecule has 0 amide bonds. The summed E-state index contributed by atoms with van der Waals surface area (Å²) in [6, 6.07) is 2.44. The van der Waals surface area contributed by atoms with Crippen molar-refractivity contribution < 1.29 is 0 Å². The summed E-state index contributed by atoms with van der Waals surface area (Å²) in [7, 11) is 4.27. The lowest BCUT2D eigenvalue weighted by molar-refractivity contribution is 0.266. The minimum absolute atomic E-state index is 0.540. The predicted molar refractivity (Wildman–Crippen MR) is 75.3 cm³/mol. The molecule has 0 radical (unpaired) electrons. The largest absolute Gasteiger partial charge is 0.355 e. The fourth-order valence-electron chi connectivity index (χ4n) is 2.58. The molecule has 2 heterocycles. The van der Waals surface area contributed by atoms with E-state index in [0.29, 0.717) is 17.1 Å². The average Bonchev–Trinajstić information content (AvgIpc) is 2.70. The maximum Gasteiger partial charge on any atom is 0.134 e. The Hall–Kier alpha value is -0.870. The van der Waals surface area contributed by atoms with Crippen molar-refractivity contribution in [3.63, 3.8) is 0 Å². The maximum atomic E-state index is 6.05. The molecule has 0 N–H and O–H groups in total. The van der Waals surface area contributed by atoms with E-state index in [4.69, 9.17) is 11.6 Å². The first-order valence-electron chi connectivity index (χ1n) is 6.46. The maximum absolute atomic E-state index is 6.05. The van der Waals surface area contributed by atoms with Crippen LogP contribution in [-0.2, 0) is 6.42 Å². The minimum Gasteiger partial charge on any atom is -0.355 e. The first-order valence-corrected chi connectivity index (χ1v) is 6.84. The van der Waals surface area contributed by atoms with Gasteiger partial charge in [-0.15, -0.1) is 0 Å². The van der Waals surface area contributed by atoms with Gasteiger partial charge in [-0.25, -0.2) is 9.97 Å². The summed E-state index contributed by atoms with van der Waals surface area (Å²) in [4.78, 5) is 13.4. The number of hydrogen-bond donors (Lipinski definition) is 0. The number of hydrogen-bond acceptors (Lipinski definition) is 4. The molecule has 5 heteroatoms. The van der Waals surface area contributed by atoms with Crippen LogP contribution in [-0.4, -0.2) is 48.1 Å². The minimum atomic E-state index is 0.540. The third-order valence-corrected chi connectivity index (χ3v) is 3.80. The van der Waals surface area contributed by atoms with Crippen molar-refractivity contribution in [2.75, 3.05) is 32.1 Å². The molecule has 2 rings (SSSR count). The van der Waals surface area contributed by atoms with Crippen LogP contribution < -0.4 is 4.90 Å². The normalized spacial score (nSPS) is 24.0. The third-order valence-electron chi connectivity index (χ3n) is 3.60. The summed E-state index contributed by atoms with van der Waals surface area (Å²) in [5.74, 6) is 2.42. The number of halogens is 1. The van der Waals surface area contributed by atoms with Crippen molar-refractivity contribution in [2.45, 2.75) is 26.3 Å². The molecule has 0 aliphatic carbocycles. The van der Waals surface area contributed by atoms with Crippen LogP contribution in [0.15, 0.2) is 6.07 Å². The zero-order chi connectivity index (χ0) is 13.3. The van der Waals surface area contributed by atoms with Gasteiger partial charge in [-0.1, -0.05) is 25.4 Å². The first kappa shape index (κ1) is 13.6. The number of aryl methyl sites for hydroxylation is 1. The van der Waals surface area contributed by atoms with Gasteiger partial charge in [0.15, 0.2) is 0 Å². The second kappa shape index (κ2) is 5.41. The van der Waals surface area contributed by atoms with Gasteiger partial charge in [0.25, 0.3) is 0 Å². The lowest BCUT2D eigenvalue weighted by Crippen LogP contribution is -2.34. The molecule has 1 saturated heterocycles. The summed E-state index contributed by atoms with van der Waals surface area (Å²) >= 11 is 6.05. The van der Waals surface area contributed by atoms with Crippen LogP contribution in [0.4, 0.5) is 5.82 Å². The van der Waals surface area contributed by atoms with Crippen LogP contribution in [0.1, 0.15) is 19.7 Å². The molecule has 2 unspecified atom stereocenters. The van der Waals surface area contributed by atoms with Crippen LogP contribution in [0.5, 0.6) is 0 Å². The Balaban J connectivity index is 2.20. The Morgan fingerprint density at radius 1 is 1.39 bits per heavy atom. The van der Waals surface area contributed by atoms with E-state index in [9.17, 15) is 0 Å². The molecule has 1 aliphatic heterocycles. The topological polar surface area (TPSA) is 32.3 Å². The molecule has 100 valence electrons. The van der Waals surface area contributed by atoms with Gasteiger partial charge in [0, 0.05) is 31.6 Å². The lowest BCUT2D eigenvalue weighted by Gasteiger charge is -2.22. The molecule has 1 aliphatic rings. The number of nitrogens with zero attached hydrogens (tertiary/aromatic N) is 4. The van der Waals surface area contributed by atoms with Crippen LogP contribution in [0.3, 0.4) is 0 Å². The summed E-state index contributed by atoms with van der Waals surface area (Å²) in [6.45, 7) is 6.36. The molecule has 0 spiro atoms. The first-order chi connectivity index (χ1) is 8.51. The van der Waals surface area contributed by atoms with Gasteiger partial charge in [0.1, 0.15) is 16.8 Å². The zero-order valence-corrected chi connectivity index (χ0v) is 12.3. The van der Waals surface area contributed by atoms with Crippen molar-refractivity contribution in [1.29, 1.82) is 0 Å². The van der Waals surface area contributed by atoms with Gasteiger partial charge >= 0.3 is 0 Å². The quantitative estimate of drug-likeness (QED) is 0.786. The second-order valence-corrected chi connectivity index (χ2v) is 5.62. The van der Waals surface area contributed by atoms with Crippen molar-refractivity contribution in [3.05, 3.63) is 17.0 Å². The monoisotopic (exact) mass is 268 g/mol. The van der Waals surface area contributed by atoms with E-state index >= 15 is 0 Å². The fourth-order valence-corrected chi connectivity index (χ4v) is 2.78. The van der Waals surface area contributed by atoms with E-state index in [1.165, 1.54) is 0 Å². The molecule has 1 aromatic heterocycles. The standard InChI is InChI=1S/C13H21ClN4/c1-5-12-15-11(14)6-13(16-12)18-7-9(2)10(8-18)17(3)4/h6,9-10H,5,7-8H2,1-4H3. The number of rotatable bonds is 3. The third kappa shape index (κ3) is 2.75. The molecular weight excluding hydrogens is 248 g/mol. The summed E-state index contributed by atoms with van der Waals surface area (Å²) in [5, 5.41) is 0.540. The Kier molecular flexibility index (Phi) is 4.07. The van der Waals surface area contributed by atoms with Crippen LogP contribution in [0, 0.1) is 5.92 Å². The van der Waals surface area contributed by atoms with E-state index in [-0.39, 0.29) is 0 Å². The summed E-state index contributed by atoms with van der Waals surface area (Å²) in [6.07, 6.45) is 0.814. The van der Waals surface area contributed by atoms with E-state index in [1.54, 1.807) is 0 Å². The molecule has 18 heavy (non-hydrogen) atoms. The molecular formula is C13H21ClN4. The second-order valence-electron chi connectivity index (χ2n) is 5.23. The Morgan fingerprint density at radius 2 is 2.11 bits per heavy atom. The van der Waals surface area contributed by atoms with Gasteiger partial charge in [-0.05, 0) is 20.0 Å². The van der Waals surface area contributed by atoms with Crippen molar-refractivity contribution in [3.8, 4) is 0 Å². The highest BCUT2D eigenvalue weighted by atomic mass is 35.5. The van der Waals surface area contributed by atoms with E-state index in [2.05, 4.69) is 40.8 Å². The summed E-state index contributed by atoms with van der Waals surface area (Å²) in [5.41, 5.74) is 0. The van der Waals surface area contributed by atoms with Gasteiger partial charge in [0.05, 0.1) is 0 Å². The molecule has 0 saturated carbocycles. The smallest absolute Gasteiger partial charge is 0.134 e. The molecule has 2 atom stereocenters. The number of aromatic nitrogens is 2. The van der Waals surface area contributed by atoms with E-state index in [1.807, 2.05) is 13.0 Å². The lowest BCUT2D eigenvalue weighted by atomic mass is 10.1. The van der Waals surface area contributed by atoms with Crippen LogP contribution in [0.25, 0.3) is 0 Å². The fraction of sp³-hybridized carbons (Fsp3) is 0.692. The predicted octanol–water partition coefficient (Wildman–Crippen LogP) is 2.08. The van der Waals surface area contributed by atoms with Gasteiger partial charge < -0.3 is 9.80 Å². The molecule has 0 aromatic carbocycles. The molecule has 4 nitrogen and oxygen atoms in total. The number of likely N-dealkylation sites (N-methyl/N-ethyl adjacent to an activating group) is 1. The molecule has 0 bridgehead atoms. The number of anilines is 1. The van der Waals surface area contributed by atoms with E-state index < -0.39 is 0 Å². The SMILES string of the molecule is CCc1nc(Cl)cc(N2CC(C)C(N(C)C)C2)n1. The average molecular weight is 269 g/mol. The summed E-state index contributed by atoms with van der Waals surface area (Å²) < 4.78 is 0. The Morgan fingerprint density at radius 3 is 2.67 bits per heavy atom. The van der Waals surface area contributed by atoms with Crippen LogP contribution in [0.2, 0.25) is 5.15 Å². The highest BCUT2D eigenvalue weighted by Gasteiger charge is 2.31. The van der Waals surface area contributed by atoms with Crippen LogP contribution >= 0.6 is 11.6 Å². The van der Waals surface area contributed by atoms with Crippen molar-refractivity contribution in [1.82, 2.24) is 14.9 Å². The van der Waals surface area contributed by atoms with Gasteiger partial charge in [-0.3, -0.25) is 0 Å². The van der Waals surface area contributed by atoms with Crippen molar-refractivity contribution in [2.24, 2.45) is 5.92 Å². The molecule has 1 fully saturated rings. The van der Waals surface area contributed by atoms with E-state index in [0.717, 1.165) is 31.2 Å².